The van der Waals surface area contributed by atoms with E-state index in [0.29, 0.717) is 19.6 Å². The highest BCUT2D eigenvalue weighted by Gasteiger charge is 2.24. The lowest BCUT2D eigenvalue weighted by atomic mass is 10.0. The summed E-state index contributed by atoms with van der Waals surface area (Å²) in [6, 6.07) is 7.93. The number of hydrogen-bond acceptors (Lipinski definition) is 4. The lowest BCUT2D eigenvalue weighted by Gasteiger charge is -2.28. The van der Waals surface area contributed by atoms with Crippen LogP contribution in [0.3, 0.4) is 0 Å². The number of ether oxygens (including phenoxy) is 2. The third kappa shape index (κ3) is 3.11. The zero-order valence-corrected chi connectivity index (χ0v) is 11.4. The summed E-state index contributed by atoms with van der Waals surface area (Å²) in [5.41, 5.74) is 1.06. The molecule has 5 heteroatoms. The third-order valence-corrected chi connectivity index (χ3v) is 3.71. The summed E-state index contributed by atoms with van der Waals surface area (Å²) in [6.07, 6.45) is 1.21. The molecule has 0 bridgehead atoms. The first kappa shape index (κ1) is 13.4. The number of carbonyl (C=O) groups excluding carboxylic acids is 1. The standard InChI is InChI=1S/C15H20N2O3/c18-15(9-11-10-16-6-8-19-11)17-13-5-7-20-14-4-2-1-3-12(13)14/h1-4,11,13,16H,5-10H2,(H,17,18). The van der Waals surface area contributed by atoms with E-state index in [0.717, 1.165) is 30.8 Å². The van der Waals surface area contributed by atoms with Crippen molar-refractivity contribution < 1.29 is 14.3 Å². The van der Waals surface area contributed by atoms with Gasteiger partial charge < -0.3 is 20.1 Å². The third-order valence-electron chi connectivity index (χ3n) is 3.71. The first-order valence-corrected chi connectivity index (χ1v) is 7.16. The SMILES string of the molecule is O=C(CC1CNCCO1)NC1CCOc2ccccc21. The average Bonchev–Trinajstić information content (AvgIpc) is 2.48. The van der Waals surface area contributed by atoms with Crippen LogP contribution < -0.4 is 15.4 Å². The Morgan fingerprint density at radius 3 is 3.10 bits per heavy atom. The van der Waals surface area contributed by atoms with Crippen LogP contribution in [0.25, 0.3) is 0 Å². The molecule has 1 aromatic carbocycles. The summed E-state index contributed by atoms with van der Waals surface area (Å²) in [7, 11) is 0. The first-order chi connectivity index (χ1) is 9.83. The number of benzene rings is 1. The minimum atomic E-state index is -0.0150. The maximum absolute atomic E-state index is 12.1. The molecule has 2 atom stereocenters. The Morgan fingerprint density at radius 2 is 2.25 bits per heavy atom. The maximum Gasteiger partial charge on any atom is 0.223 e. The van der Waals surface area contributed by atoms with Gasteiger partial charge in [0.2, 0.25) is 5.91 Å². The van der Waals surface area contributed by atoms with Gasteiger partial charge in [0.1, 0.15) is 5.75 Å². The monoisotopic (exact) mass is 276 g/mol. The van der Waals surface area contributed by atoms with Crippen LogP contribution >= 0.6 is 0 Å². The number of carbonyl (C=O) groups is 1. The maximum atomic E-state index is 12.1. The van der Waals surface area contributed by atoms with Gasteiger partial charge in [0.15, 0.2) is 0 Å². The summed E-state index contributed by atoms with van der Waals surface area (Å²) in [5.74, 6) is 0.917. The Kier molecular flexibility index (Phi) is 4.18. The van der Waals surface area contributed by atoms with E-state index in [9.17, 15) is 4.79 Å². The quantitative estimate of drug-likeness (QED) is 0.865. The van der Waals surface area contributed by atoms with Crippen LogP contribution in [0.1, 0.15) is 24.4 Å². The number of amides is 1. The van der Waals surface area contributed by atoms with Gasteiger partial charge in [0.25, 0.3) is 0 Å². The molecule has 1 aromatic rings. The summed E-state index contributed by atoms with van der Waals surface area (Å²) >= 11 is 0. The van der Waals surface area contributed by atoms with Crippen LogP contribution in [0.5, 0.6) is 5.75 Å². The molecule has 0 aromatic heterocycles. The molecule has 2 heterocycles. The van der Waals surface area contributed by atoms with Crippen molar-refractivity contribution in [2.45, 2.75) is 25.0 Å². The number of rotatable bonds is 3. The summed E-state index contributed by atoms with van der Waals surface area (Å²) < 4.78 is 11.2. The van der Waals surface area contributed by atoms with Gasteiger partial charge >= 0.3 is 0 Å². The smallest absolute Gasteiger partial charge is 0.223 e. The molecule has 5 nitrogen and oxygen atoms in total. The Morgan fingerprint density at radius 1 is 1.35 bits per heavy atom. The van der Waals surface area contributed by atoms with E-state index in [-0.39, 0.29) is 18.1 Å². The minimum absolute atomic E-state index is 0.0150. The van der Waals surface area contributed by atoms with Crippen LogP contribution in [0.15, 0.2) is 24.3 Å². The van der Waals surface area contributed by atoms with Crippen molar-refractivity contribution in [3.05, 3.63) is 29.8 Å². The predicted molar refractivity (Wildman–Crippen MR) is 74.7 cm³/mol. The van der Waals surface area contributed by atoms with Gasteiger partial charge in [-0.15, -0.1) is 0 Å². The molecule has 20 heavy (non-hydrogen) atoms. The van der Waals surface area contributed by atoms with Crippen LogP contribution in [0.4, 0.5) is 0 Å². The molecule has 0 aliphatic carbocycles. The van der Waals surface area contributed by atoms with Crippen molar-refractivity contribution >= 4 is 5.91 Å². The molecule has 2 N–H and O–H groups in total. The summed E-state index contributed by atoms with van der Waals surface area (Å²) in [4.78, 5) is 12.1. The molecule has 108 valence electrons. The molecule has 2 aliphatic rings. The summed E-state index contributed by atoms with van der Waals surface area (Å²) in [5, 5.41) is 6.33. The molecule has 0 saturated carbocycles. The van der Waals surface area contributed by atoms with E-state index in [4.69, 9.17) is 9.47 Å². The molecule has 2 unspecified atom stereocenters. The second-order valence-corrected chi connectivity index (χ2v) is 5.20. The second kappa shape index (κ2) is 6.24. The average molecular weight is 276 g/mol. The van der Waals surface area contributed by atoms with Gasteiger partial charge in [-0.05, 0) is 6.07 Å². The highest BCUT2D eigenvalue weighted by Crippen LogP contribution is 2.31. The van der Waals surface area contributed by atoms with Crippen LogP contribution in [0.2, 0.25) is 0 Å². The van der Waals surface area contributed by atoms with Crippen molar-refractivity contribution in [2.24, 2.45) is 0 Å². The molecule has 0 radical (unpaired) electrons. The van der Waals surface area contributed by atoms with E-state index in [2.05, 4.69) is 10.6 Å². The fourth-order valence-corrected chi connectivity index (χ4v) is 2.70. The van der Waals surface area contributed by atoms with Crippen molar-refractivity contribution in [1.82, 2.24) is 10.6 Å². The van der Waals surface area contributed by atoms with Crippen molar-refractivity contribution in [1.29, 1.82) is 0 Å². The predicted octanol–water partition coefficient (Wildman–Crippen LogP) is 1.00. The molecule has 0 spiro atoms. The highest BCUT2D eigenvalue weighted by molar-refractivity contribution is 5.77. The van der Waals surface area contributed by atoms with Crippen LogP contribution in [-0.4, -0.2) is 38.3 Å². The first-order valence-electron chi connectivity index (χ1n) is 7.16. The molecule has 1 amide bonds. The number of hydrogen-bond donors (Lipinski definition) is 2. The van der Waals surface area contributed by atoms with E-state index in [1.807, 2.05) is 24.3 Å². The number of fused-ring (bicyclic) bond motifs is 1. The van der Waals surface area contributed by atoms with Gasteiger partial charge in [-0.25, -0.2) is 0 Å². The van der Waals surface area contributed by atoms with E-state index < -0.39 is 0 Å². The lowest BCUT2D eigenvalue weighted by Crippen LogP contribution is -2.42. The fraction of sp³-hybridized carbons (Fsp3) is 0.533. The Balaban J connectivity index is 1.59. The summed E-state index contributed by atoms with van der Waals surface area (Å²) in [6.45, 7) is 2.94. The van der Waals surface area contributed by atoms with Gasteiger partial charge in [0.05, 0.1) is 31.8 Å². The van der Waals surface area contributed by atoms with Crippen molar-refractivity contribution in [3.8, 4) is 5.75 Å². The molecule has 3 rings (SSSR count). The molecule has 2 aliphatic heterocycles. The molecular formula is C15H20N2O3. The Hall–Kier alpha value is -1.59. The number of para-hydroxylation sites is 1. The molecular weight excluding hydrogens is 256 g/mol. The number of morpholine rings is 1. The molecule has 1 fully saturated rings. The van der Waals surface area contributed by atoms with Gasteiger partial charge in [-0.2, -0.15) is 0 Å². The van der Waals surface area contributed by atoms with Gasteiger partial charge in [-0.3, -0.25) is 4.79 Å². The largest absolute Gasteiger partial charge is 0.493 e. The zero-order valence-electron chi connectivity index (χ0n) is 11.4. The Bertz CT molecular complexity index is 472. The second-order valence-electron chi connectivity index (χ2n) is 5.20. The van der Waals surface area contributed by atoms with Crippen molar-refractivity contribution in [2.75, 3.05) is 26.3 Å². The normalized spacial score (nSPS) is 25.4. The van der Waals surface area contributed by atoms with E-state index >= 15 is 0 Å². The van der Waals surface area contributed by atoms with Gasteiger partial charge in [-0.1, -0.05) is 18.2 Å². The Labute approximate surface area is 118 Å². The van der Waals surface area contributed by atoms with Crippen LogP contribution in [0, 0.1) is 0 Å². The van der Waals surface area contributed by atoms with E-state index in [1.165, 1.54) is 0 Å². The van der Waals surface area contributed by atoms with Crippen LogP contribution in [-0.2, 0) is 9.53 Å². The highest BCUT2D eigenvalue weighted by atomic mass is 16.5. The zero-order chi connectivity index (χ0) is 13.8. The van der Waals surface area contributed by atoms with Crippen molar-refractivity contribution in [3.63, 3.8) is 0 Å². The number of nitrogens with one attached hydrogen (secondary N) is 2. The van der Waals surface area contributed by atoms with E-state index in [1.54, 1.807) is 0 Å². The molecule has 1 saturated heterocycles. The minimum Gasteiger partial charge on any atom is -0.493 e. The van der Waals surface area contributed by atoms with Gasteiger partial charge in [0, 0.05) is 25.1 Å². The lowest BCUT2D eigenvalue weighted by molar-refractivity contribution is -0.125. The topological polar surface area (TPSA) is 59.6 Å². The fourth-order valence-electron chi connectivity index (χ4n) is 2.70.